The van der Waals surface area contributed by atoms with Crippen LogP contribution in [-0.4, -0.2) is 56.0 Å². The summed E-state index contributed by atoms with van der Waals surface area (Å²) in [6, 6.07) is 16.8. The van der Waals surface area contributed by atoms with Gasteiger partial charge in [0.25, 0.3) is 5.91 Å². The largest absolute Gasteiger partial charge is 0.497 e. The van der Waals surface area contributed by atoms with Gasteiger partial charge in [-0.15, -0.1) is 12.4 Å². The highest BCUT2D eigenvalue weighted by molar-refractivity contribution is 6.08. The number of hydrogen-bond acceptors (Lipinski definition) is 4. The van der Waals surface area contributed by atoms with Crippen LogP contribution in [0.1, 0.15) is 37.0 Å². The summed E-state index contributed by atoms with van der Waals surface area (Å²) in [6.45, 7) is 6.80. The van der Waals surface area contributed by atoms with E-state index in [0.29, 0.717) is 29.0 Å². The SMILES string of the molecule is COc1ccc(C(=O)N(CC(=O)N2CCC(CNC(C)C)CC2)c2ccccc2)cc1.Cl. The molecule has 1 N–H and O–H groups in total. The quantitative estimate of drug-likeness (QED) is 0.648. The van der Waals surface area contributed by atoms with Crippen LogP contribution in [0.15, 0.2) is 54.6 Å². The highest BCUT2D eigenvalue weighted by Gasteiger charge is 2.27. The van der Waals surface area contributed by atoms with E-state index < -0.39 is 0 Å². The van der Waals surface area contributed by atoms with Crippen molar-refractivity contribution in [3.63, 3.8) is 0 Å². The topological polar surface area (TPSA) is 61.9 Å². The van der Waals surface area contributed by atoms with Crippen molar-refractivity contribution in [1.82, 2.24) is 10.2 Å². The van der Waals surface area contributed by atoms with Gasteiger partial charge in [0.05, 0.1) is 7.11 Å². The number of anilines is 1. The third-order valence-electron chi connectivity index (χ3n) is 5.73. The molecule has 1 aliphatic heterocycles. The van der Waals surface area contributed by atoms with Crippen LogP contribution < -0.4 is 15.0 Å². The number of halogens is 1. The van der Waals surface area contributed by atoms with Crippen molar-refractivity contribution in [3.05, 3.63) is 60.2 Å². The number of para-hydroxylation sites is 1. The molecular weight excluding hydrogens is 426 g/mol. The number of likely N-dealkylation sites (tertiary alicyclic amines) is 1. The number of rotatable bonds is 8. The summed E-state index contributed by atoms with van der Waals surface area (Å²) in [5, 5.41) is 3.49. The highest BCUT2D eigenvalue weighted by atomic mass is 35.5. The molecule has 7 heteroatoms. The Bertz CT molecular complexity index is 850. The Balaban J connectivity index is 0.00000363. The van der Waals surface area contributed by atoms with Crippen LogP contribution in [0.25, 0.3) is 0 Å². The van der Waals surface area contributed by atoms with E-state index in [-0.39, 0.29) is 30.8 Å². The van der Waals surface area contributed by atoms with Crippen LogP contribution in [0.4, 0.5) is 5.69 Å². The monoisotopic (exact) mass is 459 g/mol. The van der Waals surface area contributed by atoms with Crippen molar-refractivity contribution in [2.45, 2.75) is 32.7 Å². The summed E-state index contributed by atoms with van der Waals surface area (Å²) in [5.74, 6) is 1.07. The van der Waals surface area contributed by atoms with Crippen molar-refractivity contribution in [1.29, 1.82) is 0 Å². The summed E-state index contributed by atoms with van der Waals surface area (Å²) in [6.07, 6.45) is 1.98. The van der Waals surface area contributed by atoms with Crippen LogP contribution in [0.5, 0.6) is 5.75 Å². The lowest BCUT2D eigenvalue weighted by atomic mass is 9.96. The first kappa shape index (κ1) is 25.7. The average Bonchev–Trinajstić information content (AvgIpc) is 2.81. The van der Waals surface area contributed by atoms with Gasteiger partial charge in [0.1, 0.15) is 12.3 Å². The zero-order valence-corrected chi connectivity index (χ0v) is 19.9. The molecule has 0 unspecified atom stereocenters. The highest BCUT2D eigenvalue weighted by Crippen LogP contribution is 2.21. The summed E-state index contributed by atoms with van der Waals surface area (Å²) in [7, 11) is 1.59. The molecule has 6 nitrogen and oxygen atoms in total. The number of nitrogens with one attached hydrogen (secondary N) is 1. The Morgan fingerprint density at radius 2 is 1.69 bits per heavy atom. The molecule has 0 radical (unpaired) electrons. The fourth-order valence-electron chi connectivity index (χ4n) is 3.80. The number of amides is 2. The molecule has 2 amide bonds. The molecule has 2 aromatic carbocycles. The van der Waals surface area contributed by atoms with E-state index in [2.05, 4.69) is 19.2 Å². The minimum absolute atomic E-state index is 0. The molecule has 2 aromatic rings. The Kier molecular flexibility index (Phi) is 10.0. The van der Waals surface area contributed by atoms with Crippen molar-refractivity contribution in [2.24, 2.45) is 5.92 Å². The average molecular weight is 460 g/mol. The number of carbonyl (C=O) groups excluding carboxylic acids is 2. The number of benzene rings is 2. The number of piperidine rings is 1. The van der Waals surface area contributed by atoms with Crippen LogP contribution in [0.2, 0.25) is 0 Å². The molecule has 174 valence electrons. The molecule has 1 fully saturated rings. The lowest BCUT2D eigenvalue weighted by Crippen LogP contribution is -2.47. The maximum atomic E-state index is 13.3. The summed E-state index contributed by atoms with van der Waals surface area (Å²) >= 11 is 0. The number of nitrogens with zero attached hydrogens (tertiary/aromatic N) is 2. The summed E-state index contributed by atoms with van der Waals surface area (Å²) in [4.78, 5) is 29.8. The van der Waals surface area contributed by atoms with Crippen molar-refractivity contribution >= 4 is 29.9 Å². The molecule has 32 heavy (non-hydrogen) atoms. The zero-order chi connectivity index (χ0) is 22.2. The van der Waals surface area contributed by atoms with E-state index in [1.165, 1.54) is 0 Å². The molecular formula is C25H34ClN3O3. The van der Waals surface area contributed by atoms with E-state index in [1.54, 1.807) is 36.3 Å². The van der Waals surface area contributed by atoms with Gasteiger partial charge in [0, 0.05) is 30.4 Å². The maximum Gasteiger partial charge on any atom is 0.258 e. The standard InChI is InChI=1S/C25H33N3O3.ClH/c1-19(2)26-17-20-13-15-27(16-14-20)24(29)18-28(22-7-5-4-6-8-22)25(30)21-9-11-23(31-3)12-10-21;/h4-12,19-20,26H,13-18H2,1-3H3;1H. The zero-order valence-electron chi connectivity index (χ0n) is 19.1. The third kappa shape index (κ3) is 6.97. The molecule has 0 spiro atoms. The lowest BCUT2D eigenvalue weighted by Gasteiger charge is -2.34. The van der Waals surface area contributed by atoms with Gasteiger partial charge in [0.15, 0.2) is 0 Å². The molecule has 0 atom stereocenters. The van der Waals surface area contributed by atoms with Gasteiger partial charge >= 0.3 is 0 Å². The first-order valence-corrected chi connectivity index (χ1v) is 11.0. The predicted molar refractivity (Wildman–Crippen MR) is 131 cm³/mol. The van der Waals surface area contributed by atoms with E-state index >= 15 is 0 Å². The van der Waals surface area contributed by atoms with Gasteiger partial charge in [-0.25, -0.2) is 0 Å². The Labute approximate surface area is 197 Å². The fraction of sp³-hybridized carbons (Fsp3) is 0.440. The molecule has 3 rings (SSSR count). The normalized spacial score (nSPS) is 14.1. The van der Waals surface area contributed by atoms with E-state index in [4.69, 9.17) is 4.74 Å². The second-order valence-corrected chi connectivity index (χ2v) is 8.34. The third-order valence-corrected chi connectivity index (χ3v) is 5.73. The van der Waals surface area contributed by atoms with Gasteiger partial charge in [-0.3, -0.25) is 14.5 Å². The van der Waals surface area contributed by atoms with Crippen LogP contribution in [-0.2, 0) is 4.79 Å². The number of methoxy groups -OCH3 is 1. The molecule has 0 bridgehead atoms. The van der Waals surface area contributed by atoms with Crippen molar-refractivity contribution in [3.8, 4) is 5.75 Å². The van der Waals surface area contributed by atoms with Crippen LogP contribution in [0.3, 0.4) is 0 Å². The van der Waals surface area contributed by atoms with Crippen molar-refractivity contribution in [2.75, 3.05) is 38.2 Å². The number of carbonyl (C=O) groups is 2. The molecule has 0 aliphatic carbocycles. The predicted octanol–water partition coefficient (Wildman–Crippen LogP) is 4.00. The van der Waals surface area contributed by atoms with E-state index in [1.807, 2.05) is 35.2 Å². The minimum atomic E-state index is -0.196. The van der Waals surface area contributed by atoms with Crippen LogP contribution >= 0.6 is 12.4 Å². The van der Waals surface area contributed by atoms with Gasteiger partial charge < -0.3 is 15.0 Å². The van der Waals surface area contributed by atoms with Gasteiger partial charge in [-0.1, -0.05) is 32.0 Å². The number of hydrogen-bond donors (Lipinski definition) is 1. The number of ether oxygens (including phenoxy) is 1. The second kappa shape index (κ2) is 12.5. The second-order valence-electron chi connectivity index (χ2n) is 8.34. The first-order valence-electron chi connectivity index (χ1n) is 11.0. The van der Waals surface area contributed by atoms with Gasteiger partial charge in [0.2, 0.25) is 5.91 Å². The molecule has 1 heterocycles. The smallest absolute Gasteiger partial charge is 0.258 e. The van der Waals surface area contributed by atoms with Crippen LogP contribution in [0, 0.1) is 5.92 Å². The summed E-state index contributed by atoms with van der Waals surface area (Å²) < 4.78 is 5.19. The minimum Gasteiger partial charge on any atom is -0.497 e. The van der Waals surface area contributed by atoms with Gasteiger partial charge in [-0.2, -0.15) is 0 Å². The molecule has 1 saturated heterocycles. The first-order chi connectivity index (χ1) is 15.0. The Hall–Kier alpha value is -2.57. The Morgan fingerprint density at radius 3 is 2.25 bits per heavy atom. The molecule has 0 saturated carbocycles. The summed E-state index contributed by atoms with van der Waals surface area (Å²) in [5.41, 5.74) is 1.24. The van der Waals surface area contributed by atoms with E-state index in [0.717, 1.165) is 32.5 Å². The van der Waals surface area contributed by atoms with E-state index in [9.17, 15) is 9.59 Å². The maximum absolute atomic E-state index is 13.3. The van der Waals surface area contributed by atoms with Gasteiger partial charge in [-0.05, 0) is 61.7 Å². The lowest BCUT2D eigenvalue weighted by molar-refractivity contribution is -0.131. The fourth-order valence-corrected chi connectivity index (χ4v) is 3.80. The Morgan fingerprint density at radius 1 is 1.06 bits per heavy atom. The van der Waals surface area contributed by atoms with Crippen molar-refractivity contribution < 1.29 is 14.3 Å². The molecule has 1 aliphatic rings. The molecule has 0 aromatic heterocycles.